The van der Waals surface area contributed by atoms with Gasteiger partial charge in [-0.2, -0.15) is 0 Å². The number of urea groups is 1. The van der Waals surface area contributed by atoms with E-state index in [9.17, 15) is 9.90 Å². The minimum atomic E-state index is -0.125. The van der Waals surface area contributed by atoms with Crippen LogP contribution in [0.5, 0.6) is 5.75 Å². The Hall–Kier alpha value is -1.27. The molecule has 0 bridgehead atoms. The topological polar surface area (TPSA) is 61.8 Å². The molecule has 1 saturated heterocycles. The van der Waals surface area contributed by atoms with Crippen LogP contribution >= 0.6 is 15.9 Å². The lowest BCUT2D eigenvalue weighted by Crippen LogP contribution is -2.43. The molecule has 1 fully saturated rings. The van der Waals surface area contributed by atoms with Crippen molar-refractivity contribution < 1.29 is 14.6 Å². The average Bonchev–Trinajstić information content (AvgIpc) is 2.47. The molecule has 2 amide bonds. The van der Waals surface area contributed by atoms with Crippen molar-refractivity contribution >= 4 is 27.6 Å². The van der Waals surface area contributed by atoms with Gasteiger partial charge in [-0.3, -0.25) is 0 Å². The number of nitrogens with one attached hydrogen (secondary N) is 1. The number of carbonyl (C=O) groups excluding carboxylic acids is 1. The molecule has 110 valence electrons. The molecular weight excluding hydrogens is 324 g/mol. The van der Waals surface area contributed by atoms with E-state index in [1.165, 1.54) is 0 Å². The monoisotopic (exact) mass is 342 g/mol. The van der Waals surface area contributed by atoms with Gasteiger partial charge < -0.3 is 20.1 Å². The van der Waals surface area contributed by atoms with E-state index in [0.29, 0.717) is 12.2 Å². The first kappa shape index (κ1) is 15.1. The van der Waals surface area contributed by atoms with E-state index in [1.54, 1.807) is 24.1 Å². The number of piperidine rings is 1. The molecule has 0 aromatic heterocycles. The molecule has 1 aliphatic rings. The molecule has 5 nitrogen and oxygen atoms in total. The second-order valence-electron chi connectivity index (χ2n) is 4.92. The molecule has 0 spiro atoms. The number of ether oxygens (including phenoxy) is 1. The molecule has 1 heterocycles. The molecule has 20 heavy (non-hydrogen) atoms. The zero-order chi connectivity index (χ0) is 14.5. The van der Waals surface area contributed by atoms with E-state index in [-0.39, 0.29) is 18.6 Å². The molecule has 2 N–H and O–H groups in total. The van der Waals surface area contributed by atoms with E-state index >= 15 is 0 Å². The highest BCUT2D eigenvalue weighted by molar-refractivity contribution is 9.10. The van der Waals surface area contributed by atoms with Gasteiger partial charge >= 0.3 is 6.03 Å². The van der Waals surface area contributed by atoms with Gasteiger partial charge in [0.05, 0.1) is 11.6 Å². The van der Waals surface area contributed by atoms with Gasteiger partial charge in [0.1, 0.15) is 5.75 Å². The molecule has 2 rings (SSSR count). The van der Waals surface area contributed by atoms with Crippen molar-refractivity contribution in [3.63, 3.8) is 0 Å². The minimum absolute atomic E-state index is 0.125. The highest BCUT2D eigenvalue weighted by atomic mass is 79.9. The Morgan fingerprint density at radius 1 is 1.60 bits per heavy atom. The summed E-state index contributed by atoms with van der Waals surface area (Å²) in [5.41, 5.74) is 0.716. The normalized spacial score (nSPS) is 18.8. The second-order valence-corrected chi connectivity index (χ2v) is 5.77. The Kier molecular flexibility index (Phi) is 5.25. The number of aliphatic hydroxyl groups is 1. The number of aliphatic hydroxyl groups excluding tert-OH is 1. The highest BCUT2D eigenvalue weighted by Gasteiger charge is 2.23. The zero-order valence-corrected chi connectivity index (χ0v) is 13.0. The number of hydrogen-bond acceptors (Lipinski definition) is 3. The lowest BCUT2D eigenvalue weighted by atomic mass is 9.99. The molecule has 1 aromatic rings. The van der Waals surface area contributed by atoms with E-state index < -0.39 is 0 Å². The van der Waals surface area contributed by atoms with E-state index in [4.69, 9.17) is 4.74 Å². The maximum absolute atomic E-state index is 12.2. The molecule has 6 heteroatoms. The smallest absolute Gasteiger partial charge is 0.321 e. The fraction of sp³-hybridized carbons (Fsp3) is 0.500. The first-order chi connectivity index (χ1) is 9.63. The van der Waals surface area contributed by atoms with Crippen LogP contribution in [0.2, 0.25) is 0 Å². The van der Waals surface area contributed by atoms with Gasteiger partial charge in [-0.1, -0.05) is 0 Å². The number of halogens is 1. The van der Waals surface area contributed by atoms with Gasteiger partial charge in [-0.15, -0.1) is 0 Å². The van der Waals surface area contributed by atoms with E-state index in [2.05, 4.69) is 21.2 Å². The average molecular weight is 343 g/mol. The van der Waals surface area contributed by atoms with E-state index in [0.717, 1.165) is 29.6 Å². The van der Waals surface area contributed by atoms with Gasteiger partial charge in [-0.05, 0) is 52.9 Å². The van der Waals surface area contributed by atoms with Crippen LogP contribution in [-0.4, -0.2) is 42.8 Å². The lowest BCUT2D eigenvalue weighted by molar-refractivity contribution is 0.136. The van der Waals surface area contributed by atoms with Crippen molar-refractivity contribution in [2.75, 3.05) is 32.1 Å². The summed E-state index contributed by atoms with van der Waals surface area (Å²) in [7, 11) is 1.60. The van der Waals surface area contributed by atoms with Crippen molar-refractivity contribution in [2.24, 2.45) is 5.92 Å². The van der Waals surface area contributed by atoms with Gasteiger partial charge in [-0.25, -0.2) is 4.79 Å². The minimum Gasteiger partial charge on any atom is -0.496 e. The molecule has 0 aliphatic carbocycles. The predicted molar refractivity (Wildman–Crippen MR) is 81.1 cm³/mol. The fourth-order valence-corrected chi connectivity index (χ4v) is 2.89. The van der Waals surface area contributed by atoms with Gasteiger partial charge in [0, 0.05) is 25.4 Å². The molecule has 0 unspecified atom stereocenters. The largest absolute Gasteiger partial charge is 0.496 e. The van der Waals surface area contributed by atoms with Crippen LogP contribution < -0.4 is 10.1 Å². The van der Waals surface area contributed by atoms with Crippen LogP contribution in [0.15, 0.2) is 22.7 Å². The molecule has 0 radical (unpaired) electrons. The van der Waals surface area contributed by atoms with Crippen LogP contribution in [0.3, 0.4) is 0 Å². The Labute approximate surface area is 127 Å². The third-order valence-electron chi connectivity index (χ3n) is 3.47. The maximum Gasteiger partial charge on any atom is 0.321 e. The summed E-state index contributed by atoms with van der Waals surface area (Å²) >= 11 is 3.39. The first-order valence-electron chi connectivity index (χ1n) is 6.64. The van der Waals surface area contributed by atoms with Crippen molar-refractivity contribution in [1.82, 2.24) is 4.90 Å². The first-order valence-corrected chi connectivity index (χ1v) is 7.43. The standard InChI is InChI=1S/C14H19BrN2O3/c1-20-13-5-4-11(7-12(13)15)16-14(19)17-6-2-3-10(8-17)9-18/h4-5,7,10,18H,2-3,6,8-9H2,1H3,(H,16,19)/t10-/m1/s1. The number of carbonyl (C=O) groups is 1. The molecule has 1 atom stereocenters. The van der Waals surface area contributed by atoms with Crippen molar-refractivity contribution in [2.45, 2.75) is 12.8 Å². The second kappa shape index (κ2) is 6.95. The van der Waals surface area contributed by atoms with Crippen molar-refractivity contribution in [3.8, 4) is 5.75 Å². The lowest BCUT2D eigenvalue weighted by Gasteiger charge is -2.31. The van der Waals surface area contributed by atoms with Gasteiger partial charge in [0.25, 0.3) is 0 Å². The quantitative estimate of drug-likeness (QED) is 0.887. The third-order valence-corrected chi connectivity index (χ3v) is 4.09. The Morgan fingerprint density at radius 2 is 2.40 bits per heavy atom. The Balaban J connectivity index is 1.98. The number of likely N-dealkylation sites (tertiary alicyclic amines) is 1. The third kappa shape index (κ3) is 3.64. The maximum atomic E-state index is 12.2. The van der Waals surface area contributed by atoms with Crippen LogP contribution in [0.1, 0.15) is 12.8 Å². The van der Waals surface area contributed by atoms with Crippen molar-refractivity contribution in [3.05, 3.63) is 22.7 Å². The summed E-state index contributed by atoms with van der Waals surface area (Å²) in [4.78, 5) is 13.9. The molecule has 1 aliphatic heterocycles. The SMILES string of the molecule is COc1ccc(NC(=O)N2CCC[C@@H](CO)C2)cc1Br. The fourth-order valence-electron chi connectivity index (χ4n) is 2.35. The number of anilines is 1. The molecular formula is C14H19BrN2O3. The number of benzene rings is 1. The van der Waals surface area contributed by atoms with Crippen LogP contribution in [-0.2, 0) is 0 Å². The molecule has 0 saturated carbocycles. The van der Waals surface area contributed by atoms with Gasteiger partial charge in [0.2, 0.25) is 0 Å². The summed E-state index contributed by atoms with van der Waals surface area (Å²) in [6, 6.07) is 5.28. The summed E-state index contributed by atoms with van der Waals surface area (Å²) in [5, 5.41) is 12.1. The number of methoxy groups -OCH3 is 1. The summed E-state index contributed by atoms with van der Waals surface area (Å²) in [5.74, 6) is 0.915. The van der Waals surface area contributed by atoms with Crippen LogP contribution in [0, 0.1) is 5.92 Å². The predicted octanol–water partition coefficient (Wildman–Crippen LogP) is 2.69. The Bertz CT molecular complexity index is 481. The van der Waals surface area contributed by atoms with E-state index in [1.807, 2.05) is 6.07 Å². The summed E-state index contributed by atoms with van der Waals surface area (Å²) in [6.07, 6.45) is 1.92. The van der Waals surface area contributed by atoms with Gasteiger partial charge in [0.15, 0.2) is 0 Å². The molecule has 1 aromatic carbocycles. The Morgan fingerprint density at radius 3 is 3.05 bits per heavy atom. The van der Waals surface area contributed by atoms with Crippen LogP contribution in [0.4, 0.5) is 10.5 Å². The number of rotatable bonds is 3. The number of nitrogens with zero attached hydrogens (tertiary/aromatic N) is 1. The van der Waals surface area contributed by atoms with Crippen LogP contribution in [0.25, 0.3) is 0 Å². The summed E-state index contributed by atoms with van der Waals surface area (Å²) < 4.78 is 5.95. The number of amides is 2. The van der Waals surface area contributed by atoms with Crippen molar-refractivity contribution in [1.29, 1.82) is 0 Å². The summed E-state index contributed by atoms with van der Waals surface area (Å²) in [6.45, 7) is 1.48. The number of hydrogen-bond donors (Lipinski definition) is 2. The zero-order valence-electron chi connectivity index (χ0n) is 11.4. The highest BCUT2D eigenvalue weighted by Crippen LogP contribution is 2.28.